The highest BCUT2D eigenvalue weighted by Gasteiger charge is 2.46. The molecule has 0 bridgehead atoms. The summed E-state index contributed by atoms with van der Waals surface area (Å²) in [7, 11) is -5.46. The molecule has 1 aliphatic rings. The fourth-order valence-corrected chi connectivity index (χ4v) is 3.57. The molecular formula is C18H17F3N2O3S. The minimum Gasteiger partial charge on any atom is -0.331 e. The van der Waals surface area contributed by atoms with Gasteiger partial charge in [-0.3, -0.25) is 9.52 Å². The molecule has 2 aromatic rings. The maximum Gasteiger partial charge on any atom is 0.516 e. The Bertz CT molecular complexity index is 957. The molecule has 0 fully saturated rings. The Labute approximate surface area is 154 Å². The zero-order valence-corrected chi connectivity index (χ0v) is 15.1. The molecule has 9 heteroatoms. The highest BCUT2D eigenvalue weighted by Crippen LogP contribution is 2.27. The molecule has 0 saturated carbocycles. The molecule has 3 rings (SSSR count). The van der Waals surface area contributed by atoms with Gasteiger partial charge in [0.25, 0.3) is 5.91 Å². The van der Waals surface area contributed by atoms with Gasteiger partial charge in [0.2, 0.25) is 0 Å². The number of carbonyl (C=O) groups is 1. The van der Waals surface area contributed by atoms with Crippen LogP contribution >= 0.6 is 0 Å². The van der Waals surface area contributed by atoms with Gasteiger partial charge in [-0.25, -0.2) is 0 Å². The number of rotatable bonds is 4. The summed E-state index contributed by atoms with van der Waals surface area (Å²) in [5, 5.41) is 0. The summed E-state index contributed by atoms with van der Waals surface area (Å²) < 4.78 is 61.0. The third-order valence-corrected chi connectivity index (χ3v) is 5.53. The number of sulfonamides is 1. The van der Waals surface area contributed by atoms with E-state index >= 15 is 0 Å². The van der Waals surface area contributed by atoms with Crippen molar-refractivity contribution < 1.29 is 26.4 Å². The van der Waals surface area contributed by atoms with Crippen LogP contribution in [0.2, 0.25) is 0 Å². The first-order chi connectivity index (χ1) is 12.6. The van der Waals surface area contributed by atoms with Gasteiger partial charge in [0.1, 0.15) is 0 Å². The predicted molar refractivity (Wildman–Crippen MR) is 94.5 cm³/mol. The number of nitrogens with one attached hydrogen (secondary N) is 1. The smallest absolute Gasteiger partial charge is 0.331 e. The number of anilines is 1. The SMILES string of the molecule is CC1Cc2ccccc2C(=O)N1Cc1ccc(NS(=O)(=O)C(F)(F)F)cc1. The van der Waals surface area contributed by atoms with Gasteiger partial charge in [-0.05, 0) is 42.7 Å². The first kappa shape index (κ1) is 19.2. The first-order valence-electron chi connectivity index (χ1n) is 8.15. The summed E-state index contributed by atoms with van der Waals surface area (Å²) in [6, 6.07) is 12.8. The Morgan fingerprint density at radius 2 is 1.74 bits per heavy atom. The van der Waals surface area contributed by atoms with Gasteiger partial charge in [0.05, 0.1) is 0 Å². The zero-order valence-electron chi connectivity index (χ0n) is 14.3. The topological polar surface area (TPSA) is 66.5 Å². The van der Waals surface area contributed by atoms with E-state index in [9.17, 15) is 26.4 Å². The van der Waals surface area contributed by atoms with E-state index in [0.29, 0.717) is 17.5 Å². The van der Waals surface area contributed by atoms with E-state index in [2.05, 4.69) is 0 Å². The van der Waals surface area contributed by atoms with Gasteiger partial charge in [-0.1, -0.05) is 30.3 Å². The number of amides is 1. The summed E-state index contributed by atoms with van der Waals surface area (Å²) in [6.07, 6.45) is 0.714. The maximum atomic E-state index is 12.7. The van der Waals surface area contributed by atoms with Crippen LogP contribution < -0.4 is 4.72 Å². The fraction of sp³-hybridized carbons (Fsp3) is 0.278. The van der Waals surface area contributed by atoms with Crippen molar-refractivity contribution in [1.29, 1.82) is 0 Å². The van der Waals surface area contributed by atoms with Crippen molar-refractivity contribution in [3.8, 4) is 0 Å². The summed E-state index contributed by atoms with van der Waals surface area (Å²) in [5.74, 6) is -0.105. The van der Waals surface area contributed by atoms with Crippen molar-refractivity contribution in [2.45, 2.75) is 31.4 Å². The van der Waals surface area contributed by atoms with E-state index in [1.54, 1.807) is 17.0 Å². The van der Waals surface area contributed by atoms with Gasteiger partial charge in [-0.15, -0.1) is 0 Å². The van der Waals surface area contributed by atoms with E-state index < -0.39 is 15.5 Å². The van der Waals surface area contributed by atoms with E-state index in [1.165, 1.54) is 29.0 Å². The van der Waals surface area contributed by atoms with Gasteiger partial charge in [0, 0.05) is 23.8 Å². The Kier molecular flexibility index (Phi) is 4.90. The second-order valence-electron chi connectivity index (χ2n) is 6.39. The molecule has 0 radical (unpaired) electrons. The van der Waals surface area contributed by atoms with Gasteiger partial charge in [0.15, 0.2) is 0 Å². The van der Waals surface area contributed by atoms with Crippen LogP contribution in [0.1, 0.15) is 28.4 Å². The highest BCUT2D eigenvalue weighted by atomic mass is 32.2. The lowest BCUT2D eigenvalue weighted by atomic mass is 9.94. The molecule has 5 nitrogen and oxygen atoms in total. The molecule has 0 aromatic heterocycles. The monoisotopic (exact) mass is 398 g/mol. The lowest BCUT2D eigenvalue weighted by Gasteiger charge is -2.34. The number of nitrogens with zero attached hydrogens (tertiary/aromatic N) is 1. The van der Waals surface area contributed by atoms with Crippen molar-refractivity contribution in [3.63, 3.8) is 0 Å². The third-order valence-electron chi connectivity index (χ3n) is 4.42. The zero-order chi connectivity index (χ0) is 19.8. The minimum absolute atomic E-state index is 0.0317. The molecule has 0 aliphatic carbocycles. The van der Waals surface area contributed by atoms with Gasteiger partial charge < -0.3 is 4.90 Å². The average molecular weight is 398 g/mol. The van der Waals surface area contributed by atoms with Crippen LogP contribution in [-0.2, 0) is 23.0 Å². The van der Waals surface area contributed by atoms with E-state index in [0.717, 1.165) is 5.56 Å². The molecule has 1 aliphatic heterocycles. The van der Waals surface area contributed by atoms with Crippen LogP contribution in [0.25, 0.3) is 0 Å². The molecule has 0 saturated heterocycles. The number of carbonyl (C=O) groups excluding carboxylic acids is 1. The average Bonchev–Trinajstić information content (AvgIpc) is 2.59. The Hall–Kier alpha value is -2.55. The lowest BCUT2D eigenvalue weighted by Crippen LogP contribution is -2.43. The quantitative estimate of drug-likeness (QED) is 0.857. The fourth-order valence-electron chi connectivity index (χ4n) is 3.01. The highest BCUT2D eigenvalue weighted by molar-refractivity contribution is 7.93. The molecule has 1 atom stereocenters. The van der Waals surface area contributed by atoms with Crippen LogP contribution in [0, 0.1) is 0 Å². The number of halogens is 3. The van der Waals surface area contributed by atoms with Crippen molar-refractivity contribution in [2.75, 3.05) is 4.72 Å². The van der Waals surface area contributed by atoms with Crippen molar-refractivity contribution in [3.05, 3.63) is 65.2 Å². The van der Waals surface area contributed by atoms with Crippen LogP contribution in [0.15, 0.2) is 48.5 Å². The molecule has 2 aromatic carbocycles. The van der Waals surface area contributed by atoms with E-state index in [4.69, 9.17) is 0 Å². The molecule has 144 valence electrons. The summed E-state index contributed by atoms with van der Waals surface area (Å²) in [5.41, 5.74) is -3.26. The standard InChI is InChI=1S/C18H17F3N2O3S/c1-12-10-14-4-2-3-5-16(14)17(24)23(12)11-13-6-8-15(9-7-13)22-27(25,26)18(19,20)21/h2-9,12,22H,10-11H2,1H3. The molecular weight excluding hydrogens is 381 g/mol. The van der Waals surface area contributed by atoms with Gasteiger partial charge >= 0.3 is 15.5 Å². The Morgan fingerprint density at radius 3 is 2.37 bits per heavy atom. The van der Waals surface area contributed by atoms with E-state index in [-0.39, 0.29) is 24.2 Å². The number of hydrogen-bond acceptors (Lipinski definition) is 3. The molecule has 0 spiro atoms. The van der Waals surface area contributed by atoms with Crippen molar-refractivity contribution >= 4 is 21.6 Å². The van der Waals surface area contributed by atoms with E-state index in [1.807, 2.05) is 19.1 Å². The second-order valence-corrected chi connectivity index (χ2v) is 8.07. The summed E-state index contributed by atoms with van der Waals surface area (Å²) in [6.45, 7) is 2.21. The minimum atomic E-state index is -5.46. The normalized spacial score (nSPS) is 17.6. The molecule has 27 heavy (non-hydrogen) atoms. The van der Waals surface area contributed by atoms with Crippen LogP contribution in [-0.4, -0.2) is 30.8 Å². The molecule has 1 N–H and O–H groups in total. The Balaban J connectivity index is 1.75. The lowest BCUT2D eigenvalue weighted by molar-refractivity contribution is -0.0429. The number of fused-ring (bicyclic) bond motifs is 1. The molecule has 1 heterocycles. The number of hydrogen-bond donors (Lipinski definition) is 1. The predicted octanol–water partition coefficient (Wildman–Crippen LogP) is 3.54. The number of benzene rings is 2. The van der Waals surface area contributed by atoms with Crippen molar-refractivity contribution in [1.82, 2.24) is 4.90 Å². The Morgan fingerprint density at radius 1 is 1.11 bits per heavy atom. The summed E-state index contributed by atoms with van der Waals surface area (Å²) >= 11 is 0. The first-order valence-corrected chi connectivity index (χ1v) is 9.64. The summed E-state index contributed by atoms with van der Waals surface area (Å²) in [4.78, 5) is 14.4. The largest absolute Gasteiger partial charge is 0.516 e. The number of alkyl halides is 3. The maximum absolute atomic E-state index is 12.7. The third kappa shape index (κ3) is 3.92. The van der Waals surface area contributed by atoms with Crippen LogP contribution in [0.3, 0.4) is 0 Å². The van der Waals surface area contributed by atoms with Gasteiger partial charge in [-0.2, -0.15) is 21.6 Å². The second kappa shape index (κ2) is 6.88. The van der Waals surface area contributed by atoms with Crippen molar-refractivity contribution in [2.24, 2.45) is 0 Å². The molecule has 1 unspecified atom stereocenters. The van der Waals surface area contributed by atoms with Crippen LogP contribution in [0.5, 0.6) is 0 Å². The molecule has 1 amide bonds. The van der Waals surface area contributed by atoms with Crippen LogP contribution in [0.4, 0.5) is 18.9 Å².